The first-order valence-corrected chi connectivity index (χ1v) is 33.7. The summed E-state index contributed by atoms with van der Waals surface area (Å²) in [6.45, 7) is 8.61. The maximum absolute atomic E-state index is 11.3. The number of ether oxygens (including phenoxy) is 8. The largest absolute Gasteiger partial charge is 0.467 e. The molecule has 6 aliphatic rings. The summed E-state index contributed by atoms with van der Waals surface area (Å²) in [5.74, 6) is 1.14. The molecular weight excluding hydrogens is 1350 g/mol. The molecule has 0 bridgehead atoms. The second-order valence-electron chi connectivity index (χ2n) is 20.9. The molecule has 4 aliphatic heterocycles. The fourth-order valence-corrected chi connectivity index (χ4v) is 9.71. The molecule has 0 aromatic carbocycles. The SMILES string of the molecule is CCN[C@@H]1C[C@H](N)C(O[C@H]2OC(CN)=CC[C@H]2N)[C@H](O)[C@H]1O[C@H]1OC[C@](C)(O)[C@H](NC)[C@H]1O.CCN[C@@H]1C[C@H](N)[C@@H](O[C@H]2OC(CN)=CC[C@H]2N)[C@H](O)[C@H]1O[C@H]1OC[C@](C)(O)[C@H](NC)[C@H]1O.O=S(=O)(O)O.O=S(=O)(O)O.O=S(=O)(O)O.O=S(=O)(O)O.O=S(=O)(O)O. The Hall–Kier alpha value is -2.45. The van der Waals surface area contributed by atoms with Gasteiger partial charge in [0.25, 0.3) is 0 Å². The fraction of sp³-hybridized carbons (Fsp3) is 0.905. The first-order chi connectivity index (χ1) is 41.2. The van der Waals surface area contributed by atoms with Crippen molar-refractivity contribution in [2.45, 2.75) is 187 Å². The first kappa shape index (κ1) is 88.5. The lowest BCUT2D eigenvalue weighted by Gasteiger charge is -2.49. The van der Waals surface area contributed by atoms with Gasteiger partial charge in [-0.3, -0.25) is 45.5 Å². The van der Waals surface area contributed by atoms with Gasteiger partial charge >= 0.3 is 52.0 Å². The smallest absolute Gasteiger partial charge is 0.394 e. The van der Waals surface area contributed by atoms with Gasteiger partial charge in [-0.25, -0.2) is 0 Å². The molecule has 6 rings (SSSR count). The molecule has 0 aromatic rings. The molecule has 4 heterocycles. The minimum absolute atomic E-state index is 0.0483. The molecule has 2 saturated heterocycles. The van der Waals surface area contributed by atoms with Crippen molar-refractivity contribution in [3.05, 3.63) is 23.7 Å². The Labute approximate surface area is 525 Å². The van der Waals surface area contributed by atoms with E-state index in [0.717, 1.165) is 0 Å². The lowest BCUT2D eigenvalue weighted by molar-refractivity contribution is -0.304. The van der Waals surface area contributed by atoms with E-state index in [9.17, 15) is 30.6 Å². The number of rotatable bonds is 16. The Balaban J connectivity index is 0.00000130. The van der Waals surface area contributed by atoms with Gasteiger partial charge in [0.1, 0.15) is 71.6 Å². The summed E-state index contributed by atoms with van der Waals surface area (Å²) >= 11 is 0. The van der Waals surface area contributed by atoms with E-state index in [1.54, 1.807) is 27.9 Å². The van der Waals surface area contributed by atoms with Crippen LogP contribution in [0.4, 0.5) is 0 Å². The normalized spacial score (nSPS) is 36.9. The van der Waals surface area contributed by atoms with Crippen LogP contribution in [0.25, 0.3) is 0 Å². The van der Waals surface area contributed by atoms with Crippen molar-refractivity contribution >= 4 is 52.0 Å². The molecule has 2 saturated carbocycles. The predicted octanol–water partition coefficient (Wildman–Crippen LogP) is -9.67. The van der Waals surface area contributed by atoms with Crippen LogP contribution in [0.1, 0.15) is 53.4 Å². The number of hydrogen-bond acceptors (Lipinski definition) is 34. The molecule has 0 spiro atoms. The first-order valence-electron chi connectivity index (χ1n) is 26.7. The highest BCUT2D eigenvalue weighted by Gasteiger charge is 2.53. The van der Waals surface area contributed by atoms with Gasteiger partial charge < -0.3 is 124 Å². The van der Waals surface area contributed by atoms with Gasteiger partial charge in [-0.15, -0.1) is 0 Å². The van der Waals surface area contributed by atoms with E-state index in [1.165, 1.54) is 0 Å². The Morgan fingerprint density at radius 3 is 0.956 bits per heavy atom. The van der Waals surface area contributed by atoms with E-state index in [1.807, 2.05) is 26.0 Å². The van der Waals surface area contributed by atoms with Gasteiger partial charge in [0.15, 0.2) is 12.6 Å². The van der Waals surface area contributed by atoms with Crippen molar-refractivity contribution in [3.63, 3.8) is 0 Å². The lowest BCUT2D eigenvalue weighted by atomic mass is 9.83. The molecule has 22 atom stereocenters. The van der Waals surface area contributed by atoms with Crippen molar-refractivity contribution in [2.75, 3.05) is 53.5 Å². The van der Waals surface area contributed by atoms with Crippen LogP contribution in [-0.4, -0.2) is 305 Å². The standard InChI is InChI=1S/2C21H41N5O7.5H2O4S/c2*1-4-26-13-7-12(24)16(32-19-11(23)6-5-10(8-22)31-19)14(27)17(13)33-20-15(28)18(25-3)21(2,29)9-30-20;5*1-5(2,3)4/h2*5,11-20,25-29H,4,6-9,22-24H2,1-3H3;5*(H2,1,2,3,4)/t11-,12+,13-,14+,15-,16?,17+,18-,19-,20-,21+;11-,12+,13-,14+,15-,16-,17+,18-,19-,20-,21+;;;;;/m11...../s1. The Morgan fingerprint density at radius 1 is 0.473 bits per heavy atom. The number of nitrogens with two attached hydrogens (primary N) is 6. The molecule has 32 N–H and O–H groups in total. The van der Waals surface area contributed by atoms with Gasteiger partial charge in [-0.1, -0.05) is 13.8 Å². The molecule has 0 aromatic heterocycles. The summed E-state index contributed by atoms with van der Waals surface area (Å²) in [4.78, 5) is 0. The van der Waals surface area contributed by atoms with Crippen LogP contribution in [-0.2, 0) is 89.9 Å². The minimum Gasteiger partial charge on any atom is -0.467 e. The molecule has 2 aliphatic carbocycles. The number of likely N-dealkylation sites (N-methyl/N-ethyl adjacent to an activating group) is 4. The summed E-state index contributed by atoms with van der Waals surface area (Å²) in [7, 11) is -20.1. The maximum Gasteiger partial charge on any atom is 0.394 e. The van der Waals surface area contributed by atoms with Gasteiger partial charge in [0, 0.05) is 24.2 Å². The third kappa shape index (κ3) is 35.9. The minimum atomic E-state index is -4.67. The fourth-order valence-electron chi connectivity index (χ4n) is 9.71. The molecule has 0 radical (unpaired) electrons. The van der Waals surface area contributed by atoms with Crippen LogP contribution in [0.3, 0.4) is 0 Å². The second kappa shape index (κ2) is 39.1. The lowest BCUT2D eigenvalue weighted by Crippen LogP contribution is -2.69. The number of nitrogens with one attached hydrogen (secondary N) is 4. The molecule has 1 unspecified atom stereocenters. The molecular formula is C42H92N10O34S5. The van der Waals surface area contributed by atoms with E-state index < -0.39 is 173 Å². The number of aliphatic hydroxyl groups is 6. The Morgan fingerprint density at radius 2 is 0.725 bits per heavy atom. The third-order valence-electron chi connectivity index (χ3n) is 13.3. The Bertz CT molecular complexity index is 2460. The maximum atomic E-state index is 11.3. The van der Waals surface area contributed by atoms with Crippen LogP contribution >= 0.6 is 0 Å². The summed E-state index contributed by atoms with van der Waals surface area (Å²) in [6, 6.07) is -3.90. The zero-order valence-electron chi connectivity index (χ0n) is 49.8. The third-order valence-corrected chi connectivity index (χ3v) is 13.3. The van der Waals surface area contributed by atoms with Crippen molar-refractivity contribution in [2.24, 2.45) is 34.4 Å². The van der Waals surface area contributed by atoms with E-state index >= 15 is 0 Å². The average molecular weight is 1440 g/mol. The molecule has 49 heteroatoms. The summed E-state index contributed by atoms with van der Waals surface area (Å²) in [5, 5.41) is 77.5. The summed E-state index contributed by atoms with van der Waals surface area (Å²) < 4.78 is 205. The molecule has 0 amide bonds. The van der Waals surface area contributed by atoms with Crippen LogP contribution in [0, 0.1) is 0 Å². The highest BCUT2D eigenvalue weighted by molar-refractivity contribution is 7.80. The molecule has 544 valence electrons. The van der Waals surface area contributed by atoms with Gasteiger partial charge in [0.2, 0.25) is 12.6 Å². The van der Waals surface area contributed by atoms with Gasteiger partial charge in [-0.2, -0.15) is 42.1 Å². The molecule has 44 nitrogen and oxygen atoms in total. The van der Waals surface area contributed by atoms with Gasteiger partial charge in [0.05, 0.1) is 50.5 Å². The molecule has 91 heavy (non-hydrogen) atoms. The monoisotopic (exact) mass is 1440 g/mol. The number of hydrogen-bond donors (Lipinski definition) is 26. The zero-order valence-corrected chi connectivity index (χ0v) is 53.9. The highest BCUT2D eigenvalue weighted by Crippen LogP contribution is 2.34. The number of aliphatic hydroxyl groups excluding tert-OH is 4. The molecule has 4 fully saturated rings. The van der Waals surface area contributed by atoms with Crippen molar-refractivity contribution in [3.8, 4) is 0 Å². The summed E-state index contributed by atoms with van der Waals surface area (Å²) in [5.41, 5.74) is 33.9. The van der Waals surface area contributed by atoms with Crippen molar-refractivity contribution < 1.29 is 156 Å². The van der Waals surface area contributed by atoms with Crippen LogP contribution in [0.2, 0.25) is 0 Å². The topological polar surface area (TPSA) is 772 Å². The van der Waals surface area contributed by atoms with Gasteiger partial charge in [-0.05, 0) is 78.9 Å². The zero-order chi connectivity index (χ0) is 71.2. The van der Waals surface area contributed by atoms with E-state index in [-0.39, 0.29) is 38.4 Å². The Kier molecular flexibility index (Phi) is 38.0. The average Bonchev–Trinajstić information content (AvgIpc) is 0.801. The van der Waals surface area contributed by atoms with Crippen molar-refractivity contribution in [1.82, 2.24) is 21.3 Å². The summed E-state index contributed by atoms with van der Waals surface area (Å²) in [6.07, 6.45) is -6.11. The van der Waals surface area contributed by atoms with Crippen LogP contribution in [0.5, 0.6) is 0 Å². The van der Waals surface area contributed by atoms with E-state index in [0.29, 0.717) is 50.3 Å². The second-order valence-corrected chi connectivity index (χ2v) is 25.3. The van der Waals surface area contributed by atoms with E-state index in [2.05, 4.69) is 21.3 Å². The van der Waals surface area contributed by atoms with Crippen LogP contribution < -0.4 is 55.7 Å². The predicted molar refractivity (Wildman–Crippen MR) is 310 cm³/mol. The quantitative estimate of drug-likeness (QED) is 0.0638. The van der Waals surface area contributed by atoms with Crippen molar-refractivity contribution in [1.29, 1.82) is 0 Å². The van der Waals surface area contributed by atoms with Crippen LogP contribution in [0.15, 0.2) is 23.7 Å². The van der Waals surface area contributed by atoms with E-state index in [4.69, 9.17) is 160 Å². The highest BCUT2D eigenvalue weighted by atomic mass is 32.3.